The molecule has 0 radical (unpaired) electrons. The van der Waals surface area contributed by atoms with Gasteiger partial charge in [-0.1, -0.05) is 50.2 Å². The van der Waals surface area contributed by atoms with Crippen LogP contribution in [0.1, 0.15) is 56.5 Å². The van der Waals surface area contributed by atoms with Crippen LogP contribution in [0.3, 0.4) is 0 Å². The third-order valence-electron chi connectivity index (χ3n) is 8.47. The molecule has 1 amide bonds. The maximum absolute atomic E-state index is 12.8. The number of aromatic nitrogens is 1. The predicted molar refractivity (Wildman–Crippen MR) is 154 cm³/mol. The lowest BCUT2D eigenvalue weighted by Gasteiger charge is -2.35. The number of likely N-dealkylation sites (tertiary alicyclic amines) is 2. The van der Waals surface area contributed by atoms with E-state index in [1.807, 2.05) is 6.92 Å². The lowest BCUT2D eigenvalue weighted by molar-refractivity contribution is -0.126. The van der Waals surface area contributed by atoms with E-state index in [0.29, 0.717) is 5.89 Å². The molecule has 204 valence electrons. The van der Waals surface area contributed by atoms with Crippen molar-refractivity contribution in [2.45, 2.75) is 59.9 Å². The van der Waals surface area contributed by atoms with Crippen molar-refractivity contribution in [2.75, 3.05) is 39.3 Å². The topological polar surface area (TPSA) is 61.6 Å². The molecule has 1 aromatic heterocycles. The van der Waals surface area contributed by atoms with E-state index in [2.05, 4.69) is 72.3 Å². The van der Waals surface area contributed by atoms with E-state index in [0.717, 1.165) is 80.8 Å². The number of nitrogens with zero attached hydrogens (tertiary/aromatic N) is 3. The number of oxazole rings is 1. The van der Waals surface area contributed by atoms with E-state index in [1.54, 1.807) is 0 Å². The smallest absolute Gasteiger partial charge is 0.227 e. The Morgan fingerprint density at radius 1 is 1.03 bits per heavy atom. The number of hydrogen-bond acceptors (Lipinski definition) is 5. The molecule has 1 unspecified atom stereocenters. The van der Waals surface area contributed by atoms with Crippen LogP contribution in [0.15, 0.2) is 40.8 Å². The SMILES string of the molecule is Cc1ccc2ccccc2c1-c1nc(CN2CCC(C(=O)NCCCN3CC(C)C[C@@H](C)C3)CC2)c(C)o1. The van der Waals surface area contributed by atoms with Crippen LogP contribution in [0.2, 0.25) is 0 Å². The normalized spacial score (nSPS) is 21.7. The van der Waals surface area contributed by atoms with Crippen LogP contribution in [-0.2, 0) is 11.3 Å². The summed E-state index contributed by atoms with van der Waals surface area (Å²) in [4.78, 5) is 22.7. The van der Waals surface area contributed by atoms with Crippen molar-refractivity contribution in [3.05, 3.63) is 53.4 Å². The largest absolute Gasteiger partial charge is 0.441 e. The van der Waals surface area contributed by atoms with Gasteiger partial charge in [-0.3, -0.25) is 9.69 Å². The molecular weight excluding hydrogens is 472 g/mol. The number of carbonyl (C=O) groups is 1. The fourth-order valence-corrected chi connectivity index (χ4v) is 6.54. The van der Waals surface area contributed by atoms with Gasteiger partial charge in [0.05, 0.1) is 5.69 Å². The second-order valence-electron chi connectivity index (χ2n) is 11.9. The molecule has 6 heteroatoms. The van der Waals surface area contributed by atoms with Gasteiger partial charge in [0, 0.05) is 37.7 Å². The molecule has 6 nitrogen and oxygen atoms in total. The molecule has 5 rings (SSSR count). The highest BCUT2D eigenvalue weighted by molar-refractivity contribution is 5.96. The van der Waals surface area contributed by atoms with Crippen LogP contribution in [0.5, 0.6) is 0 Å². The zero-order chi connectivity index (χ0) is 26.6. The van der Waals surface area contributed by atoms with Crippen molar-refractivity contribution in [3.8, 4) is 11.5 Å². The molecule has 3 aromatic rings. The van der Waals surface area contributed by atoms with Crippen molar-refractivity contribution < 1.29 is 9.21 Å². The van der Waals surface area contributed by atoms with Crippen molar-refractivity contribution in [1.82, 2.24) is 20.1 Å². The van der Waals surface area contributed by atoms with Gasteiger partial charge in [0.2, 0.25) is 11.8 Å². The molecule has 2 atom stereocenters. The monoisotopic (exact) mass is 516 g/mol. The highest BCUT2D eigenvalue weighted by atomic mass is 16.4. The highest BCUT2D eigenvalue weighted by Crippen LogP contribution is 2.33. The maximum atomic E-state index is 12.8. The van der Waals surface area contributed by atoms with E-state index in [-0.39, 0.29) is 11.8 Å². The van der Waals surface area contributed by atoms with Crippen molar-refractivity contribution in [1.29, 1.82) is 0 Å². The number of amides is 1. The van der Waals surface area contributed by atoms with E-state index < -0.39 is 0 Å². The fraction of sp³-hybridized carbons (Fsp3) is 0.562. The Morgan fingerprint density at radius 3 is 2.53 bits per heavy atom. The summed E-state index contributed by atoms with van der Waals surface area (Å²) in [5.74, 6) is 3.51. The molecule has 2 saturated heterocycles. The maximum Gasteiger partial charge on any atom is 0.227 e. The summed E-state index contributed by atoms with van der Waals surface area (Å²) in [7, 11) is 0. The lowest BCUT2D eigenvalue weighted by Crippen LogP contribution is -2.42. The number of nitrogens with one attached hydrogen (secondary N) is 1. The number of rotatable bonds is 8. The fourth-order valence-electron chi connectivity index (χ4n) is 6.54. The minimum atomic E-state index is 0.119. The van der Waals surface area contributed by atoms with Crippen LogP contribution in [-0.4, -0.2) is 60.0 Å². The Balaban J connectivity index is 1.10. The van der Waals surface area contributed by atoms with E-state index in [4.69, 9.17) is 9.40 Å². The molecule has 2 aliphatic rings. The Labute approximate surface area is 227 Å². The van der Waals surface area contributed by atoms with Gasteiger partial charge < -0.3 is 14.6 Å². The standard InChI is InChI=1S/C32H44N4O2/c1-22-18-23(2)20-36(19-22)15-7-14-33-31(37)27-12-16-35(17-13-27)21-29-25(4)38-32(34-29)30-24(3)10-11-26-8-5-6-9-28(26)30/h5-6,8-11,22-23,27H,7,12-21H2,1-4H3,(H,33,37)/t22-,23?/m1/s1. The first-order valence-electron chi connectivity index (χ1n) is 14.5. The zero-order valence-corrected chi connectivity index (χ0v) is 23.6. The summed E-state index contributed by atoms with van der Waals surface area (Å²) in [5.41, 5.74) is 3.25. The van der Waals surface area contributed by atoms with E-state index in [9.17, 15) is 4.79 Å². The minimum Gasteiger partial charge on any atom is -0.441 e. The molecule has 2 fully saturated rings. The molecule has 2 aliphatic heterocycles. The number of hydrogen-bond donors (Lipinski definition) is 1. The molecule has 3 heterocycles. The van der Waals surface area contributed by atoms with Gasteiger partial charge in [-0.15, -0.1) is 0 Å². The number of benzene rings is 2. The quantitative estimate of drug-likeness (QED) is 0.383. The first-order valence-corrected chi connectivity index (χ1v) is 14.5. The summed E-state index contributed by atoms with van der Waals surface area (Å²) in [5, 5.41) is 5.59. The van der Waals surface area contributed by atoms with Gasteiger partial charge in [-0.25, -0.2) is 4.98 Å². The Morgan fingerprint density at radius 2 is 1.76 bits per heavy atom. The van der Waals surface area contributed by atoms with Crippen LogP contribution < -0.4 is 5.32 Å². The average molecular weight is 517 g/mol. The average Bonchev–Trinajstić information content (AvgIpc) is 3.25. The molecule has 2 aromatic carbocycles. The Kier molecular flexibility index (Phi) is 8.49. The lowest BCUT2D eigenvalue weighted by atomic mass is 9.92. The van der Waals surface area contributed by atoms with Crippen LogP contribution in [0.25, 0.3) is 22.2 Å². The first kappa shape index (κ1) is 26.9. The molecular formula is C32H44N4O2. The summed E-state index contributed by atoms with van der Waals surface area (Å²) < 4.78 is 6.20. The van der Waals surface area contributed by atoms with Gasteiger partial charge in [0.25, 0.3) is 0 Å². The molecule has 0 bridgehead atoms. The van der Waals surface area contributed by atoms with E-state index >= 15 is 0 Å². The summed E-state index contributed by atoms with van der Waals surface area (Å²) in [6, 6.07) is 12.7. The van der Waals surface area contributed by atoms with Crippen molar-refractivity contribution >= 4 is 16.7 Å². The second-order valence-corrected chi connectivity index (χ2v) is 11.9. The molecule has 0 saturated carbocycles. The third kappa shape index (κ3) is 6.29. The number of piperidine rings is 2. The summed E-state index contributed by atoms with van der Waals surface area (Å²) in [6.07, 6.45) is 4.18. The third-order valence-corrected chi connectivity index (χ3v) is 8.47. The molecule has 1 N–H and O–H groups in total. The predicted octanol–water partition coefficient (Wildman–Crippen LogP) is 5.81. The number of carbonyl (C=O) groups excluding carboxylic acids is 1. The summed E-state index contributed by atoms with van der Waals surface area (Å²) >= 11 is 0. The van der Waals surface area contributed by atoms with Crippen molar-refractivity contribution in [2.24, 2.45) is 17.8 Å². The Hall–Kier alpha value is -2.70. The van der Waals surface area contributed by atoms with Crippen molar-refractivity contribution in [3.63, 3.8) is 0 Å². The van der Waals surface area contributed by atoms with Gasteiger partial charge in [0.15, 0.2) is 0 Å². The second kappa shape index (κ2) is 12.0. The number of aryl methyl sites for hydroxylation is 2. The minimum absolute atomic E-state index is 0.119. The first-order chi connectivity index (χ1) is 18.4. The summed E-state index contributed by atoms with van der Waals surface area (Å²) in [6.45, 7) is 15.7. The zero-order valence-electron chi connectivity index (χ0n) is 23.6. The van der Waals surface area contributed by atoms with Gasteiger partial charge in [-0.05, 0) is 87.3 Å². The Bertz CT molecular complexity index is 1230. The van der Waals surface area contributed by atoms with Gasteiger partial charge in [0.1, 0.15) is 5.76 Å². The molecule has 0 spiro atoms. The molecule has 38 heavy (non-hydrogen) atoms. The number of fused-ring (bicyclic) bond motifs is 1. The van der Waals surface area contributed by atoms with Gasteiger partial charge in [-0.2, -0.15) is 0 Å². The highest BCUT2D eigenvalue weighted by Gasteiger charge is 2.27. The van der Waals surface area contributed by atoms with Crippen LogP contribution in [0.4, 0.5) is 0 Å². The van der Waals surface area contributed by atoms with Gasteiger partial charge >= 0.3 is 0 Å². The van der Waals surface area contributed by atoms with E-state index in [1.165, 1.54) is 35.8 Å². The molecule has 0 aliphatic carbocycles. The van der Waals surface area contributed by atoms with Crippen LogP contribution >= 0.6 is 0 Å². The van der Waals surface area contributed by atoms with Crippen LogP contribution in [0, 0.1) is 31.6 Å².